The molecule has 4 nitrogen and oxygen atoms in total. The number of allylic oxidation sites excluding steroid dienone is 2. The van der Waals surface area contributed by atoms with Crippen molar-refractivity contribution in [3.05, 3.63) is 23.8 Å². The molecule has 2 N–H and O–H groups in total. The molecule has 0 aliphatic heterocycles. The van der Waals surface area contributed by atoms with Gasteiger partial charge in [0.2, 0.25) is 0 Å². The van der Waals surface area contributed by atoms with Crippen molar-refractivity contribution >= 4 is 5.97 Å². The van der Waals surface area contributed by atoms with E-state index in [1.807, 2.05) is 6.08 Å². The molecule has 21 heavy (non-hydrogen) atoms. The molecule has 4 atom stereocenters. The van der Waals surface area contributed by atoms with Crippen LogP contribution < -0.4 is 0 Å². The van der Waals surface area contributed by atoms with E-state index in [1.165, 1.54) is 12.5 Å². The Morgan fingerprint density at radius 3 is 2.90 bits per heavy atom. The molecule has 0 radical (unpaired) electrons. The number of rotatable bonds is 3. The summed E-state index contributed by atoms with van der Waals surface area (Å²) >= 11 is 0. The smallest absolute Gasteiger partial charge is 0.302 e. The number of hydrogen-bond acceptors (Lipinski definition) is 4. The fourth-order valence-electron chi connectivity index (χ4n) is 3.76. The van der Waals surface area contributed by atoms with Crippen LogP contribution in [0.4, 0.5) is 0 Å². The third-order valence-corrected chi connectivity index (χ3v) is 5.16. The maximum absolute atomic E-state index is 11.1. The van der Waals surface area contributed by atoms with Gasteiger partial charge in [-0.2, -0.15) is 0 Å². The van der Waals surface area contributed by atoms with Crippen LogP contribution in [0.25, 0.3) is 0 Å². The maximum atomic E-state index is 11.1. The zero-order chi connectivity index (χ0) is 15.6. The summed E-state index contributed by atoms with van der Waals surface area (Å²) in [6.07, 6.45) is 4.56. The molecular formula is C17H26O4. The van der Waals surface area contributed by atoms with Gasteiger partial charge < -0.3 is 14.9 Å². The zero-order valence-electron chi connectivity index (χ0n) is 13.0. The van der Waals surface area contributed by atoms with Gasteiger partial charge in [-0.05, 0) is 43.1 Å². The van der Waals surface area contributed by atoms with E-state index in [9.17, 15) is 15.0 Å². The lowest BCUT2D eigenvalue weighted by molar-refractivity contribution is -0.153. The molecule has 0 aromatic heterocycles. The van der Waals surface area contributed by atoms with Crippen LogP contribution >= 0.6 is 0 Å². The Labute approximate surface area is 126 Å². The molecule has 1 unspecified atom stereocenters. The highest BCUT2D eigenvalue weighted by Gasteiger charge is 2.52. The lowest BCUT2D eigenvalue weighted by atomic mass is 9.51. The van der Waals surface area contributed by atoms with E-state index in [1.54, 1.807) is 0 Å². The largest absolute Gasteiger partial charge is 0.465 e. The summed E-state index contributed by atoms with van der Waals surface area (Å²) in [6.45, 7) is 8.01. The highest BCUT2D eigenvalue weighted by molar-refractivity contribution is 5.65. The van der Waals surface area contributed by atoms with Crippen LogP contribution in [0.2, 0.25) is 0 Å². The Balaban J connectivity index is 2.14. The van der Waals surface area contributed by atoms with E-state index in [2.05, 4.69) is 13.5 Å². The predicted octanol–water partition coefficient (Wildman–Crippen LogP) is 2.21. The van der Waals surface area contributed by atoms with Gasteiger partial charge in [-0.3, -0.25) is 4.79 Å². The molecule has 0 saturated heterocycles. The fraction of sp³-hybridized carbons (Fsp3) is 0.706. The number of esters is 1. The molecule has 1 fully saturated rings. The minimum atomic E-state index is -0.620. The Morgan fingerprint density at radius 1 is 1.57 bits per heavy atom. The number of fused-ring (bicyclic) bond motifs is 1. The first kappa shape index (κ1) is 16.2. The molecule has 0 spiro atoms. The van der Waals surface area contributed by atoms with Crippen LogP contribution in [-0.2, 0) is 9.53 Å². The number of carbonyl (C=O) groups is 1. The summed E-state index contributed by atoms with van der Waals surface area (Å²) in [5, 5.41) is 19.7. The Hall–Kier alpha value is -1.13. The summed E-state index contributed by atoms with van der Waals surface area (Å²) in [5.74, 6) is 0.358. The van der Waals surface area contributed by atoms with Crippen molar-refractivity contribution in [1.29, 1.82) is 0 Å². The normalized spacial score (nSPS) is 39.0. The molecule has 0 amide bonds. The van der Waals surface area contributed by atoms with Crippen LogP contribution in [0.5, 0.6) is 0 Å². The molecule has 1 saturated carbocycles. The first-order chi connectivity index (χ1) is 9.87. The highest BCUT2D eigenvalue weighted by atomic mass is 16.5. The minimum Gasteiger partial charge on any atom is -0.465 e. The van der Waals surface area contributed by atoms with Gasteiger partial charge in [-0.1, -0.05) is 25.2 Å². The topological polar surface area (TPSA) is 66.8 Å². The second-order valence-corrected chi connectivity index (χ2v) is 6.74. The molecule has 0 aromatic carbocycles. The van der Waals surface area contributed by atoms with Crippen molar-refractivity contribution in [2.75, 3.05) is 13.2 Å². The summed E-state index contributed by atoms with van der Waals surface area (Å²) in [5.41, 5.74) is 1.80. The van der Waals surface area contributed by atoms with Crippen LogP contribution in [0, 0.1) is 17.3 Å². The summed E-state index contributed by atoms with van der Waals surface area (Å²) < 4.78 is 5.21. The van der Waals surface area contributed by atoms with Crippen molar-refractivity contribution in [2.45, 2.75) is 45.6 Å². The van der Waals surface area contributed by atoms with E-state index in [-0.39, 0.29) is 23.9 Å². The van der Waals surface area contributed by atoms with E-state index >= 15 is 0 Å². The average Bonchev–Trinajstić information content (AvgIpc) is 2.47. The van der Waals surface area contributed by atoms with Gasteiger partial charge in [0.25, 0.3) is 0 Å². The summed E-state index contributed by atoms with van der Waals surface area (Å²) in [7, 11) is 0. The zero-order valence-corrected chi connectivity index (χ0v) is 13.0. The molecule has 2 aliphatic rings. The van der Waals surface area contributed by atoms with Gasteiger partial charge in [0.05, 0.1) is 19.3 Å². The monoisotopic (exact) mass is 294 g/mol. The van der Waals surface area contributed by atoms with Crippen molar-refractivity contribution in [3.8, 4) is 0 Å². The second-order valence-electron chi connectivity index (χ2n) is 6.74. The average molecular weight is 294 g/mol. The molecular weight excluding hydrogens is 268 g/mol. The van der Waals surface area contributed by atoms with Crippen molar-refractivity contribution in [1.82, 2.24) is 0 Å². The van der Waals surface area contributed by atoms with E-state index in [4.69, 9.17) is 4.74 Å². The Bertz CT molecular complexity index is 454. The first-order valence-electron chi connectivity index (χ1n) is 7.66. The van der Waals surface area contributed by atoms with Crippen LogP contribution in [-0.4, -0.2) is 35.5 Å². The third-order valence-electron chi connectivity index (χ3n) is 5.16. The predicted molar refractivity (Wildman–Crippen MR) is 80.5 cm³/mol. The third kappa shape index (κ3) is 3.38. The highest BCUT2D eigenvalue weighted by Crippen LogP contribution is 2.57. The van der Waals surface area contributed by atoms with Crippen LogP contribution in [0.15, 0.2) is 23.8 Å². The number of hydrogen-bond donors (Lipinski definition) is 2. The minimum absolute atomic E-state index is 0.105. The Morgan fingerprint density at radius 2 is 2.29 bits per heavy atom. The standard InChI is InChI=1S/C17H26O4/c1-11-5-4-6-13(9-18)16(20)7-15-14(11)8-17(15,3)10-21-12(2)19/h6,14-16,18,20H,1,4-5,7-10H2,2-3H3/b13-6-/t14-,15?,16-,17-/m1/s1. The molecule has 0 bridgehead atoms. The quantitative estimate of drug-likeness (QED) is 0.618. The van der Waals surface area contributed by atoms with Crippen LogP contribution in [0.3, 0.4) is 0 Å². The molecule has 2 aliphatic carbocycles. The maximum Gasteiger partial charge on any atom is 0.302 e. The number of carbonyl (C=O) groups excluding carboxylic acids is 1. The summed E-state index contributed by atoms with van der Waals surface area (Å²) in [6, 6.07) is 0. The first-order valence-corrected chi connectivity index (χ1v) is 7.66. The van der Waals surface area contributed by atoms with Gasteiger partial charge >= 0.3 is 5.97 Å². The van der Waals surface area contributed by atoms with Crippen molar-refractivity contribution in [2.24, 2.45) is 17.3 Å². The fourth-order valence-corrected chi connectivity index (χ4v) is 3.76. The lowest BCUT2D eigenvalue weighted by Gasteiger charge is -2.54. The molecule has 4 heteroatoms. The molecule has 0 heterocycles. The molecule has 2 rings (SSSR count). The van der Waals surface area contributed by atoms with Crippen molar-refractivity contribution < 1.29 is 19.7 Å². The Kier molecular flexibility index (Phi) is 4.89. The van der Waals surface area contributed by atoms with Gasteiger partial charge in [-0.15, -0.1) is 0 Å². The number of aliphatic hydroxyl groups is 2. The number of aliphatic hydroxyl groups excluding tert-OH is 2. The van der Waals surface area contributed by atoms with Crippen molar-refractivity contribution in [3.63, 3.8) is 0 Å². The van der Waals surface area contributed by atoms with Gasteiger partial charge in [0, 0.05) is 12.3 Å². The van der Waals surface area contributed by atoms with Gasteiger partial charge in [-0.25, -0.2) is 0 Å². The van der Waals surface area contributed by atoms with Crippen LogP contribution in [0.1, 0.15) is 39.5 Å². The second kappa shape index (κ2) is 6.32. The SMILES string of the molecule is C=C1CC/C=C(/CO)[C@H](O)CC2[C@@H]1C[C@]2(C)COC(C)=O. The summed E-state index contributed by atoms with van der Waals surface area (Å²) in [4.78, 5) is 11.1. The van der Waals surface area contributed by atoms with Gasteiger partial charge in [0.15, 0.2) is 0 Å². The lowest BCUT2D eigenvalue weighted by Crippen LogP contribution is -2.51. The number of ether oxygens (including phenoxy) is 1. The molecule has 118 valence electrons. The van der Waals surface area contributed by atoms with E-state index in [0.717, 1.165) is 19.3 Å². The van der Waals surface area contributed by atoms with Gasteiger partial charge in [0.1, 0.15) is 0 Å². The van der Waals surface area contributed by atoms with E-state index < -0.39 is 6.10 Å². The van der Waals surface area contributed by atoms with E-state index in [0.29, 0.717) is 24.5 Å². The molecule has 0 aromatic rings.